The highest BCUT2D eigenvalue weighted by atomic mass is 16.5. The highest BCUT2D eigenvalue weighted by Crippen LogP contribution is 2.41. The smallest absolute Gasteiger partial charge is 0.337 e. The molecule has 1 aliphatic carbocycles. The number of benzene rings is 1. The molecule has 1 aromatic rings. The fourth-order valence-electron chi connectivity index (χ4n) is 3.73. The fourth-order valence-corrected chi connectivity index (χ4v) is 3.73. The molecule has 0 atom stereocenters. The Morgan fingerprint density at radius 3 is 2.36 bits per heavy atom. The number of esters is 1. The summed E-state index contributed by atoms with van der Waals surface area (Å²) in [6.07, 6.45) is 5.21. The first-order valence-corrected chi connectivity index (χ1v) is 7.80. The lowest BCUT2D eigenvalue weighted by Gasteiger charge is -2.39. The molecular weight excluding hydrogens is 280 g/mol. The third kappa shape index (κ3) is 2.25. The van der Waals surface area contributed by atoms with Crippen molar-refractivity contribution in [1.29, 1.82) is 0 Å². The molecule has 5 heteroatoms. The van der Waals surface area contributed by atoms with E-state index in [1.54, 1.807) is 17.0 Å². The zero-order valence-corrected chi connectivity index (χ0v) is 13.2. The summed E-state index contributed by atoms with van der Waals surface area (Å²) in [6.45, 7) is 0.608. The van der Waals surface area contributed by atoms with Crippen LogP contribution in [0.3, 0.4) is 0 Å². The molecule has 1 saturated heterocycles. The molecule has 0 radical (unpaired) electrons. The standard InChI is InChI=1S/C17H22N2O3/c1-18-12-19(17(16(18)21)10-4-3-5-11-17)14-8-6-13(7-9-14)15(20)22-2/h6-9H,3-5,10-12H2,1-2H3. The molecule has 22 heavy (non-hydrogen) atoms. The molecule has 2 aliphatic rings. The zero-order chi connectivity index (χ0) is 15.7. The van der Waals surface area contributed by atoms with Gasteiger partial charge >= 0.3 is 5.97 Å². The van der Waals surface area contributed by atoms with E-state index in [1.807, 2.05) is 19.2 Å². The normalized spacial score (nSPS) is 20.5. The summed E-state index contributed by atoms with van der Waals surface area (Å²) in [5.41, 5.74) is 1.13. The number of anilines is 1. The summed E-state index contributed by atoms with van der Waals surface area (Å²) >= 11 is 0. The second-order valence-corrected chi connectivity index (χ2v) is 6.20. The van der Waals surface area contributed by atoms with Crippen LogP contribution < -0.4 is 4.90 Å². The van der Waals surface area contributed by atoms with Crippen LogP contribution in [-0.2, 0) is 9.53 Å². The van der Waals surface area contributed by atoms with E-state index in [-0.39, 0.29) is 17.4 Å². The molecule has 118 valence electrons. The van der Waals surface area contributed by atoms with Crippen LogP contribution in [0.1, 0.15) is 42.5 Å². The van der Waals surface area contributed by atoms with Crippen LogP contribution in [0.15, 0.2) is 24.3 Å². The molecule has 0 unspecified atom stereocenters. The van der Waals surface area contributed by atoms with E-state index in [0.29, 0.717) is 12.2 Å². The number of ether oxygens (including phenoxy) is 1. The lowest BCUT2D eigenvalue weighted by atomic mass is 9.80. The molecule has 1 saturated carbocycles. The van der Waals surface area contributed by atoms with Crippen molar-refractivity contribution in [3.05, 3.63) is 29.8 Å². The quantitative estimate of drug-likeness (QED) is 0.787. The van der Waals surface area contributed by atoms with Gasteiger partial charge in [-0.3, -0.25) is 4.79 Å². The molecule has 2 fully saturated rings. The van der Waals surface area contributed by atoms with E-state index in [2.05, 4.69) is 4.90 Å². The van der Waals surface area contributed by atoms with E-state index >= 15 is 0 Å². The summed E-state index contributed by atoms with van der Waals surface area (Å²) in [5.74, 6) is -0.113. The van der Waals surface area contributed by atoms with Crippen LogP contribution in [0.2, 0.25) is 0 Å². The number of nitrogens with zero attached hydrogens (tertiary/aromatic N) is 2. The van der Waals surface area contributed by atoms with Gasteiger partial charge < -0.3 is 14.5 Å². The van der Waals surface area contributed by atoms with Gasteiger partial charge in [-0.05, 0) is 37.1 Å². The van der Waals surface area contributed by atoms with Crippen molar-refractivity contribution in [1.82, 2.24) is 4.90 Å². The summed E-state index contributed by atoms with van der Waals surface area (Å²) in [4.78, 5) is 28.3. The van der Waals surface area contributed by atoms with Gasteiger partial charge in [0.25, 0.3) is 0 Å². The maximum absolute atomic E-state index is 12.7. The van der Waals surface area contributed by atoms with Gasteiger partial charge in [-0.2, -0.15) is 0 Å². The maximum atomic E-state index is 12.7. The largest absolute Gasteiger partial charge is 0.465 e. The number of rotatable bonds is 2. The number of amides is 1. The molecule has 1 aromatic carbocycles. The van der Waals surface area contributed by atoms with Gasteiger partial charge in [0.05, 0.1) is 19.3 Å². The van der Waals surface area contributed by atoms with Gasteiger partial charge in [0, 0.05) is 12.7 Å². The van der Waals surface area contributed by atoms with Crippen LogP contribution in [0.25, 0.3) is 0 Å². The minimum Gasteiger partial charge on any atom is -0.465 e. The second kappa shape index (κ2) is 5.63. The Bertz CT molecular complexity index is 576. The fraction of sp³-hybridized carbons (Fsp3) is 0.529. The predicted octanol–water partition coefficient (Wildman–Crippen LogP) is 2.41. The van der Waals surface area contributed by atoms with Crippen LogP contribution in [0.4, 0.5) is 5.69 Å². The Morgan fingerprint density at radius 1 is 1.14 bits per heavy atom. The Hall–Kier alpha value is -2.04. The van der Waals surface area contributed by atoms with E-state index in [9.17, 15) is 9.59 Å². The second-order valence-electron chi connectivity index (χ2n) is 6.20. The van der Waals surface area contributed by atoms with Gasteiger partial charge in [0.1, 0.15) is 5.54 Å². The first-order chi connectivity index (χ1) is 10.6. The topological polar surface area (TPSA) is 49.9 Å². The average Bonchev–Trinajstić information content (AvgIpc) is 2.80. The van der Waals surface area contributed by atoms with Crippen molar-refractivity contribution in [2.24, 2.45) is 0 Å². The molecule has 0 N–H and O–H groups in total. The van der Waals surface area contributed by atoms with Gasteiger partial charge in [-0.25, -0.2) is 4.79 Å². The Morgan fingerprint density at radius 2 is 1.77 bits per heavy atom. The van der Waals surface area contributed by atoms with Crippen molar-refractivity contribution in [2.75, 3.05) is 25.7 Å². The third-order valence-corrected chi connectivity index (χ3v) is 4.90. The first kappa shape index (κ1) is 14.9. The van der Waals surface area contributed by atoms with E-state index in [0.717, 1.165) is 31.4 Å². The van der Waals surface area contributed by atoms with Gasteiger partial charge in [-0.1, -0.05) is 19.3 Å². The molecule has 1 aliphatic heterocycles. The van der Waals surface area contributed by atoms with Crippen LogP contribution in [-0.4, -0.2) is 43.1 Å². The van der Waals surface area contributed by atoms with Crippen molar-refractivity contribution in [2.45, 2.75) is 37.6 Å². The molecule has 0 aromatic heterocycles. The summed E-state index contributed by atoms with van der Waals surface area (Å²) < 4.78 is 4.73. The van der Waals surface area contributed by atoms with Crippen LogP contribution in [0.5, 0.6) is 0 Å². The van der Waals surface area contributed by atoms with Gasteiger partial charge in [0.2, 0.25) is 5.91 Å². The van der Waals surface area contributed by atoms with E-state index < -0.39 is 0 Å². The van der Waals surface area contributed by atoms with Crippen LogP contribution in [0, 0.1) is 0 Å². The minimum absolute atomic E-state index is 0.226. The first-order valence-electron chi connectivity index (χ1n) is 7.80. The molecule has 1 amide bonds. The maximum Gasteiger partial charge on any atom is 0.337 e. The SMILES string of the molecule is COC(=O)c1ccc(N2CN(C)C(=O)C23CCCCC3)cc1. The number of likely N-dealkylation sites (N-methyl/N-ethyl adjacent to an activating group) is 1. The minimum atomic E-state index is -0.389. The number of hydrogen-bond acceptors (Lipinski definition) is 4. The lowest BCUT2D eigenvalue weighted by molar-refractivity contribution is -0.132. The average molecular weight is 302 g/mol. The molecule has 3 rings (SSSR count). The third-order valence-electron chi connectivity index (χ3n) is 4.90. The lowest BCUT2D eigenvalue weighted by Crippen LogP contribution is -2.50. The predicted molar refractivity (Wildman–Crippen MR) is 83.7 cm³/mol. The molecule has 1 spiro atoms. The number of hydrogen-bond donors (Lipinski definition) is 0. The van der Waals surface area contributed by atoms with Gasteiger partial charge in [0.15, 0.2) is 0 Å². The van der Waals surface area contributed by atoms with E-state index in [1.165, 1.54) is 13.5 Å². The molecule has 5 nitrogen and oxygen atoms in total. The summed E-state index contributed by atoms with van der Waals surface area (Å²) in [5, 5.41) is 0. The van der Waals surface area contributed by atoms with Gasteiger partial charge in [-0.15, -0.1) is 0 Å². The van der Waals surface area contributed by atoms with Crippen LogP contribution >= 0.6 is 0 Å². The summed E-state index contributed by atoms with van der Waals surface area (Å²) in [7, 11) is 3.24. The number of carbonyl (C=O) groups is 2. The number of carbonyl (C=O) groups excluding carboxylic acids is 2. The van der Waals surface area contributed by atoms with Crippen molar-refractivity contribution < 1.29 is 14.3 Å². The Labute approximate surface area is 130 Å². The Kier molecular flexibility index (Phi) is 3.81. The summed E-state index contributed by atoms with van der Waals surface area (Å²) in [6, 6.07) is 7.35. The van der Waals surface area contributed by atoms with Crippen molar-refractivity contribution in [3.63, 3.8) is 0 Å². The molecule has 0 bridgehead atoms. The zero-order valence-electron chi connectivity index (χ0n) is 13.2. The van der Waals surface area contributed by atoms with Crippen molar-refractivity contribution in [3.8, 4) is 0 Å². The monoisotopic (exact) mass is 302 g/mol. The number of methoxy groups -OCH3 is 1. The van der Waals surface area contributed by atoms with E-state index in [4.69, 9.17) is 4.74 Å². The molecular formula is C17H22N2O3. The Balaban J connectivity index is 1.92. The highest BCUT2D eigenvalue weighted by Gasteiger charge is 2.51. The molecule has 1 heterocycles. The van der Waals surface area contributed by atoms with Crippen molar-refractivity contribution >= 4 is 17.6 Å². The highest BCUT2D eigenvalue weighted by molar-refractivity contribution is 5.94.